The molecule has 0 saturated heterocycles. The molecule has 0 radical (unpaired) electrons. The maximum absolute atomic E-state index is 12.0. The van der Waals surface area contributed by atoms with Gasteiger partial charge in [-0.2, -0.15) is 4.31 Å². The summed E-state index contributed by atoms with van der Waals surface area (Å²) in [7, 11) is -3.46. The van der Waals surface area contributed by atoms with Crippen LogP contribution in [0.25, 0.3) is 0 Å². The second-order valence-electron chi connectivity index (χ2n) is 4.75. The highest BCUT2D eigenvalue weighted by atomic mass is 32.2. The van der Waals surface area contributed by atoms with E-state index in [2.05, 4.69) is 0 Å². The van der Waals surface area contributed by atoms with Crippen LogP contribution in [-0.2, 0) is 14.8 Å². The molecule has 0 amide bonds. The van der Waals surface area contributed by atoms with Crippen molar-refractivity contribution in [3.63, 3.8) is 0 Å². The van der Waals surface area contributed by atoms with Gasteiger partial charge in [-0.05, 0) is 32.6 Å². The van der Waals surface area contributed by atoms with Gasteiger partial charge in [0, 0.05) is 6.54 Å². The quantitative estimate of drug-likeness (QED) is 0.759. The minimum absolute atomic E-state index is 0.0809. The number of carboxylic acid groups (broad SMARTS) is 1. The van der Waals surface area contributed by atoms with Gasteiger partial charge in [-0.3, -0.25) is 4.79 Å². The van der Waals surface area contributed by atoms with E-state index < -0.39 is 21.5 Å². The predicted octanol–water partition coefficient (Wildman–Crippen LogP) is 0.911. The van der Waals surface area contributed by atoms with Gasteiger partial charge in [0.25, 0.3) is 0 Å². The van der Waals surface area contributed by atoms with Crippen molar-refractivity contribution in [1.82, 2.24) is 4.31 Å². The van der Waals surface area contributed by atoms with E-state index in [9.17, 15) is 13.2 Å². The second-order valence-corrected chi connectivity index (χ2v) is 6.69. The van der Waals surface area contributed by atoms with Gasteiger partial charge in [-0.25, -0.2) is 8.42 Å². The van der Waals surface area contributed by atoms with E-state index in [1.54, 1.807) is 6.92 Å². The average molecular weight is 249 g/mol. The molecule has 1 saturated carbocycles. The molecule has 0 aromatic carbocycles. The summed E-state index contributed by atoms with van der Waals surface area (Å²) in [5.41, 5.74) is -1.37. The van der Waals surface area contributed by atoms with E-state index in [-0.39, 0.29) is 18.2 Å². The molecule has 1 aliphatic rings. The third-order valence-corrected chi connectivity index (χ3v) is 5.19. The molecule has 0 spiro atoms. The van der Waals surface area contributed by atoms with Gasteiger partial charge in [-0.1, -0.05) is 6.92 Å². The van der Waals surface area contributed by atoms with E-state index in [0.29, 0.717) is 0 Å². The Bertz CT molecular complexity index is 370. The molecule has 6 heteroatoms. The predicted molar refractivity (Wildman–Crippen MR) is 60.6 cm³/mol. The third-order valence-electron chi connectivity index (χ3n) is 2.91. The summed E-state index contributed by atoms with van der Waals surface area (Å²) < 4.78 is 25.1. The van der Waals surface area contributed by atoms with Crippen molar-refractivity contribution in [3.05, 3.63) is 0 Å². The van der Waals surface area contributed by atoms with E-state index in [1.165, 1.54) is 13.8 Å². The molecule has 0 heterocycles. The fraction of sp³-hybridized carbons (Fsp3) is 0.900. The SMILES string of the molecule is CCN(C(C)(C)C(=O)O)S(=O)(=O)CC1CC1. The van der Waals surface area contributed by atoms with Crippen LogP contribution in [0.1, 0.15) is 33.6 Å². The Morgan fingerprint density at radius 3 is 2.25 bits per heavy atom. The van der Waals surface area contributed by atoms with Gasteiger partial charge in [0.1, 0.15) is 5.54 Å². The van der Waals surface area contributed by atoms with Crippen LogP contribution in [0.15, 0.2) is 0 Å². The molecule has 1 N–H and O–H groups in total. The fourth-order valence-electron chi connectivity index (χ4n) is 1.72. The zero-order chi connectivity index (χ0) is 12.6. The molecule has 5 nitrogen and oxygen atoms in total. The van der Waals surface area contributed by atoms with Crippen LogP contribution >= 0.6 is 0 Å². The standard InChI is InChI=1S/C10H19NO4S/c1-4-11(10(2,3)9(12)13)16(14,15)7-8-5-6-8/h8H,4-7H2,1-3H3,(H,12,13). The molecule has 1 fully saturated rings. The van der Waals surface area contributed by atoms with E-state index in [0.717, 1.165) is 17.1 Å². The zero-order valence-electron chi connectivity index (χ0n) is 9.93. The topological polar surface area (TPSA) is 74.7 Å². The first-order valence-electron chi connectivity index (χ1n) is 5.45. The highest BCUT2D eigenvalue weighted by molar-refractivity contribution is 7.89. The van der Waals surface area contributed by atoms with Crippen molar-refractivity contribution in [1.29, 1.82) is 0 Å². The van der Waals surface area contributed by atoms with Crippen molar-refractivity contribution in [2.75, 3.05) is 12.3 Å². The molecular formula is C10H19NO4S. The first-order chi connectivity index (χ1) is 7.21. The summed E-state index contributed by atoms with van der Waals surface area (Å²) in [4.78, 5) is 11.1. The normalized spacial score (nSPS) is 17.8. The Balaban J connectivity index is 2.91. The van der Waals surface area contributed by atoms with E-state index in [1.807, 2.05) is 0 Å². The monoisotopic (exact) mass is 249 g/mol. The molecule has 94 valence electrons. The maximum atomic E-state index is 12.0. The lowest BCUT2D eigenvalue weighted by atomic mass is 10.1. The van der Waals surface area contributed by atoms with Gasteiger partial charge in [0.15, 0.2) is 0 Å². The molecule has 16 heavy (non-hydrogen) atoms. The summed E-state index contributed by atoms with van der Waals surface area (Å²) in [5.74, 6) is -0.810. The van der Waals surface area contributed by atoms with Gasteiger partial charge in [-0.15, -0.1) is 0 Å². The minimum Gasteiger partial charge on any atom is -0.480 e. The number of hydrogen-bond donors (Lipinski definition) is 1. The second kappa shape index (κ2) is 4.33. The Kier molecular flexibility index (Phi) is 3.64. The highest BCUT2D eigenvalue weighted by Crippen LogP contribution is 2.32. The lowest BCUT2D eigenvalue weighted by molar-refractivity contribution is -0.146. The molecule has 1 aliphatic carbocycles. The van der Waals surface area contributed by atoms with Crippen molar-refractivity contribution in [3.8, 4) is 0 Å². The maximum Gasteiger partial charge on any atom is 0.324 e. The first kappa shape index (κ1) is 13.4. The van der Waals surface area contributed by atoms with Crippen LogP contribution < -0.4 is 0 Å². The van der Waals surface area contributed by atoms with Crippen LogP contribution in [0.2, 0.25) is 0 Å². The largest absolute Gasteiger partial charge is 0.480 e. The molecule has 0 atom stereocenters. The number of sulfonamides is 1. The number of aliphatic carboxylic acids is 1. The van der Waals surface area contributed by atoms with Crippen LogP contribution in [0, 0.1) is 5.92 Å². The van der Waals surface area contributed by atoms with Gasteiger partial charge < -0.3 is 5.11 Å². The smallest absolute Gasteiger partial charge is 0.324 e. The van der Waals surface area contributed by atoms with Crippen LogP contribution in [0.3, 0.4) is 0 Å². The number of carboxylic acids is 1. The van der Waals surface area contributed by atoms with Gasteiger partial charge in [0.05, 0.1) is 5.75 Å². The van der Waals surface area contributed by atoms with Crippen molar-refractivity contribution in [2.24, 2.45) is 5.92 Å². The van der Waals surface area contributed by atoms with Crippen molar-refractivity contribution in [2.45, 2.75) is 39.2 Å². The number of nitrogens with zero attached hydrogens (tertiary/aromatic N) is 1. The molecule has 0 aromatic heterocycles. The molecule has 0 unspecified atom stereocenters. The lowest BCUT2D eigenvalue weighted by Crippen LogP contribution is -2.53. The van der Waals surface area contributed by atoms with Crippen molar-refractivity contribution >= 4 is 16.0 Å². The summed E-state index contributed by atoms with van der Waals surface area (Å²) in [6, 6.07) is 0. The Hall–Kier alpha value is -0.620. The molecule has 0 bridgehead atoms. The fourth-order valence-corrected chi connectivity index (χ4v) is 3.99. The van der Waals surface area contributed by atoms with E-state index in [4.69, 9.17) is 5.11 Å². The summed E-state index contributed by atoms with van der Waals surface area (Å²) in [5, 5.41) is 9.05. The van der Waals surface area contributed by atoms with Crippen LogP contribution in [0.5, 0.6) is 0 Å². The summed E-state index contributed by atoms with van der Waals surface area (Å²) >= 11 is 0. The number of carbonyl (C=O) groups is 1. The lowest BCUT2D eigenvalue weighted by Gasteiger charge is -2.33. The van der Waals surface area contributed by atoms with Crippen molar-refractivity contribution < 1.29 is 18.3 Å². The molecule has 0 aliphatic heterocycles. The number of rotatable bonds is 6. The molecule has 1 rings (SSSR count). The Morgan fingerprint density at radius 2 is 1.94 bits per heavy atom. The number of likely N-dealkylation sites (N-methyl/N-ethyl adjacent to an activating group) is 1. The van der Waals surface area contributed by atoms with Gasteiger partial charge >= 0.3 is 5.97 Å². The van der Waals surface area contributed by atoms with Crippen LogP contribution in [0.4, 0.5) is 0 Å². The summed E-state index contributed by atoms with van der Waals surface area (Å²) in [6.07, 6.45) is 1.87. The van der Waals surface area contributed by atoms with Gasteiger partial charge in [0.2, 0.25) is 10.0 Å². The Labute approximate surface area is 96.5 Å². The molecular weight excluding hydrogens is 230 g/mol. The minimum atomic E-state index is -3.46. The average Bonchev–Trinajstić information content (AvgIpc) is 2.86. The highest BCUT2D eigenvalue weighted by Gasteiger charge is 2.42. The van der Waals surface area contributed by atoms with E-state index >= 15 is 0 Å². The third kappa shape index (κ3) is 2.74. The summed E-state index contributed by atoms with van der Waals surface area (Å²) in [6.45, 7) is 4.69. The molecule has 0 aromatic rings. The van der Waals surface area contributed by atoms with Crippen LogP contribution in [-0.4, -0.2) is 41.6 Å². The zero-order valence-corrected chi connectivity index (χ0v) is 10.7. The first-order valence-corrected chi connectivity index (χ1v) is 7.06. The number of hydrogen-bond acceptors (Lipinski definition) is 3. The Morgan fingerprint density at radius 1 is 1.44 bits per heavy atom.